The van der Waals surface area contributed by atoms with E-state index in [1.54, 1.807) is 49.4 Å². The number of hydrogen-bond acceptors (Lipinski definition) is 4. The largest absolute Gasteiger partial charge is 0.352 e. The van der Waals surface area contributed by atoms with Gasteiger partial charge in [-0.15, -0.1) is 0 Å². The number of carbonyl (C=O) groups is 2. The van der Waals surface area contributed by atoms with E-state index >= 15 is 0 Å². The number of nitrogens with zero attached hydrogens (tertiary/aromatic N) is 1. The maximum Gasteiger partial charge on any atom is 0.253 e. The van der Waals surface area contributed by atoms with E-state index in [4.69, 9.17) is 11.6 Å². The third-order valence-electron chi connectivity index (χ3n) is 4.64. The molecule has 0 saturated heterocycles. The molecule has 0 fully saturated rings. The molecule has 0 aromatic heterocycles. The third-order valence-corrected chi connectivity index (χ3v) is 6.05. The van der Waals surface area contributed by atoms with Crippen LogP contribution in [0.1, 0.15) is 43.5 Å². The number of sulfonamides is 1. The summed E-state index contributed by atoms with van der Waals surface area (Å²) >= 11 is 6.04. The van der Waals surface area contributed by atoms with Gasteiger partial charge in [0, 0.05) is 11.6 Å². The summed E-state index contributed by atoms with van der Waals surface area (Å²) < 4.78 is 26.2. The van der Waals surface area contributed by atoms with Crippen LogP contribution in [0, 0.1) is 0 Å². The van der Waals surface area contributed by atoms with Crippen LogP contribution in [0.5, 0.6) is 0 Å². The Hall–Kier alpha value is -2.58. The summed E-state index contributed by atoms with van der Waals surface area (Å²) in [6.07, 6.45) is 3.05. The Bertz CT molecular complexity index is 1030. The van der Waals surface area contributed by atoms with Crippen LogP contribution < -0.4 is 14.9 Å². The van der Waals surface area contributed by atoms with Gasteiger partial charge in [0.2, 0.25) is 15.9 Å². The van der Waals surface area contributed by atoms with Crippen molar-refractivity contribution in [2.24, 2.45) is 0 Å². The van der Waals surface area contributed by atoms with E-state index in [1.165, 1.54) is 6.07 Å². The molecule has 0 heterocycles. The third kappa shape index (κ3) is 6.70. The molecule has 0 aliphatic carbocycles. The summed E-state index contributed by atoms with van der Waals surface area (Å²) in [7, 11) is -3.79. The first-order valence-corrected chi connectivity index (χ1v) is 12.3. The normalized spacial score (nSPS) is 12.1. The number of nitrogens with one attached hydrogen (secondary N) is 2. The Morgan fingerprint density at radius 1 is 1.10 bits per heavy atom. The fraction of sp³-hybridized carbons (Fsp3) is 0.364. The second kappa shape index (κ2) is 11.2. The molecular weight excluding hydrogens is 438 g/mol. The molecule has 2 aromatic rings. The number of unbranched alkanes of at least 4 members (excludes halogenated alkanes) is 1. The van der Waals surface area contributed by atoms with Gasteiger partial charge in [-0.2, -0.15) is 0 Å². The maximum atomic E-state index is 13.1. The molecule has 7 nitrogen and oxygen atoms in total. The van der Waals surface area contributed by atoms with Crippen molar-refractivity contribution >= 4 is 44.8 Å². The van der Waals surface area contributed by atoms with E-state index in [-0.39, 0.29) is 12.3 Å². The van der Waals surface area contributed by atoms with Crippen molar-refractivity contribution in [2.45, 2.75) is 39.2 Å². The lowest BCUT2D eigenvalue weighted by atomic mass is 10.1. The second-order valence-corrected chi connectivity index (χ2v) is 9.40. The zero-order valence-electron chi connectivity index (χ0n) is 17.9. The molecule has 0 saturated carbocycles. The van der Waals surface area contributed by atoms with Crippen LogP contribution in [0.25, 0.3) is 0 Å². The average Bonchev–Trinajstić information content (AvgIpc) is 2.71. The quantitative estimate of drug-likeness (QED) is 0.517. The number of hydrogen-bond donors (Lipinski definition) is 2. The molecule has 0 aliphatic rings. The highest BCUT2D eigenvalue weighted by molar-refractivity contribution is 7.92. The van der Waals surface area contributed by atoms with Crippen molar-refractivity contribution in [3.05, 3.63) is 59.1 Å². The predicted octanol–water partition coefficient (Wildman–Crippen LogP) is 4.05. The molecular formula is C22H28ClN3O4S. The van der Waals surface area contributed by atoms with Crippen molar-refractivity contribution in [2.75, 3.05) is 22.4 Å². The molecule has 2 aromatic carbocycles. The zero-order chi connectivity index (χ0) is 23.0. The molecule has 2 N–H and O–H groups in total. The molecule has 31 heavy (non-hydrogen) atoms. The van der Waals surface area contributed by atoms with E-state index in [2.05, 4.69) is 10.6 Å². The number of benzene rings is 2. The second-order valence-electron chi connectivity index (χ2n) is 7.11. The summed E-state index contributed by atoms with van der Waals surface area (Å²) in [6.45, 7) is 4.28. The van der Waals surface area contributed by atoms with Gasteiger partial charge in [-0.25, -0.2) is 8.42 Å². The fourth-order valence-corrected chi connectivity index (χ4v) is 4.54. The summed E-state index contributed by atoms with van der Waals surface area (Å²) in [6, 6.07) is 11.9. The van der Waals surface area contributed by atoms with E-state index in [0.717, 1.165) is 23.4 Å². The van der Waals surface area contributed by atoms with E-state index in [9.17, 15) is 18.0 Å². The molecule has 0 bridgehead atoms. The number of carbonyl (C=O) groups excluding carboxylic acids is 2. The van der Waals surface area contributed by atoms with Gasteiger partial charge in [-0.3, -0.25) is 13.9 Å². The van der Waals surface area contributed by atoms with Crippen LogP contribution in [-0.2, 0) is 14.8 Å². The van der Waals surface area contributed by atoms with Crippen LogP contribution in [0.2, 0.25) is 5.02 Å². The SMILES string of the molecule is CCCCNC(=O)c1ccccc1NC(=O)C(CC)N(c1cccc(Cl)c1)S(C)(=O)=O. The lowest BCUT2D eigenvalue weighted by molar-refractivity contribution is -0.117. The number of rotatable bonds is 10. The minimum absolute atomic E-state index is 0.219. The van der Waals surface area contributed by atoms with Crippen molar-refractivity contribution in [1.29, 1.82) is 0 Å². The van der Waals surface area contributed by atoms with Crippen LogP contribution in [0.3, 0.4) is 0 Å². The fourth-order valence-electron chi connectivity index (χ4n) is 3.15. The highest BCUT2D eigenvalue weighted by Crippen LogP contribution is 2.26. The smallest absolute Gasteiger partial charge is 0.253 e. The number of anilines is 2. The lowest BCUT2D eigenvalue weighted by Gasteiger charge is -2.30. The monoisotopic (exact) mass is 465 g/mol. The van der Waals surface area contributed by atoms with Gasteiger partial charge < -0.3 is 10.6 Å². The first kappa shape index (κ1) is 24.7. The minimum atomic E-state index is -3.79. The molecule has 9 heteroatoms. The molecule has 2 rings (SSSR count). The van der Waals surface area contributed by atoms with Crippen LogP contribution in [0.4, 0.5) is 11.4 Å². The molecule has 0 spiro atoms. The first-order valence-electron chi connectivity index (χ1n) is 10.1. The zero-order valence-corrected chi connectivity index (χ0v) is 19.5. The highest BCUT2D eigenvalue weighted by atomic mass is 35.5. The number of para-hydroxylation sites is 1. The molecule has 0 aliphatic heterocycles. The van der Waals surface area contributed by atoms with Crippen molar-refractivity contribution < 1.29 is 18.0 Å². The lowest BCUT2D eigenvalue weighted by Crippen LogP contribution is -2.47. The summed E-state index contributed by atoms with van der Waals surface area (Å²) in [5.74, 6) is -0.839. The van der Waals surface area contributed by atoms with E-state index < -0.39 is 22.0 Å². The van der Waals surface area contributed by atoms with Gasteiger partial charge in [0.05, 0.1) is 23.2 Å². The standard InChI is InChI=1S/C22H28ClN3O4S/c1-4-6-14-24-21(27)18-12-7-8-13-19(18)25-22(28)20(5-2)26(31(3,29)30)17-11-9-10-16(23)15-17/h7-13,15,20H,4-6,14H2,1-3H3,(H,24,27)(H,25,28). The number of halogens is 1. The number of amides is 2. The van der Waals surface area contributed by atoms with Gasteiger partial charge in [-0.05, 0) is 43.2 Å². The highest BCUT2D eigenvalue weighted by Gasteiger charge is 2.32. The van der Waals surface area contributed by atoms with Gasteiger partial charge in [-0.1, -0.05) is 50.1 Å². The van der Waals surface area contributed by atoms with E-state index in [1.807, 2.05) is 6.92 Å². The Balaban J connectivity index is 2.33. The minimum Gasteiger partial charge on any atom is -0.352 e. The van der Waals surface area contributed by atoms with Crippen LogP contribution >= 0.6 is 11.6 Å². The molecule has 168 valence electrons. The summed E-state index contributed by atoms with van der Waals surface area (Å²) in [5.41, 5.74) is 0.928. The van der Waals surface area contributed by atoms with Gasteiger partial charge in [0.15, 0.2) is 0 Å². The predicted molar refractivity (Wildman–Crippen MR) is 125 cm³/mol. The maximum absolute atomic E-state index is 13.1. The summed E-state index contributed by atoms with van der Waals surface area (Å²) in [5, 5.41) is 5.91. The Labute approximate surface area is 188 Å². The molecule has 1 unspecified atom stereocenters. The van der Waals surface area contributed by atoms with Crippen molar-refractivity contribution in [3.63, 3.8) is 0 Å². The van der Waals surface area contributed by atoms with Gasteiger partial charge in [0.1, 0.15) is 6.04 Å². The van der Waals surface area contributed by atoms with E-state index in [0.29, 0.717) is 28.5 Å². The average molecular weight is 466 g/mol. The summed E-state index contributed by atoms with van der Waals surface area (Å²) in [4.78, 5) is 25.7. The Morgan fingerprint density at radius 2 is 1.81 bits per heavy atom. The topological polar surface area (TPSA) is 95.6 Å². The van der Waals surface area contributed by atoms with Crippen molar-refractivity contribution in [3.8, 4) is 0 Å². The van der Waals surface area contributed by atoms with Gasteiger partial charge in [0.25, 0.3) is 5.91 Å². The Kier molecular flexibility index (Phi) is 8.88. The van der Waals surface area contributed by atoms with Crippen molar-refractivity contribution in [1.82, 2.24) is 5.32 Å². The molecule has 0 radical (unpaired) electrons. The van der Waals surface area contributed by atoms with Gasteiger partial charge >= 0.3 is 0 Å². The van der Waals surface area contributed by atoms with Crippen LogP contribution in [0.15, 0.2) is 48.5 Å². The first-order chi connectivity index (χ1) is 14.7. The molecule has 2 amide bonds. The van der Waals surface area contributed by atoms with Crippen LogP contribution in [-0.4, -0.2) is 39.1 Å². The molecule has 1 atom stereocenters. The Morgan fingerprint density at radius 3 is 2.42 bits per heavy atom.